The van der Waals surface area contributed by atoms with E-state index in [1.54, 1.807) is 0 Å². The van der Waals surface area contributed by atoms with Gasteiger partial charge in [0, 0.05) is 16.4 Å². The third-order valence-corrected chi connectivity index (χ3v) is 5.87. The first-order valence-electron chi connectivity index (χ1n) is 8.42. The van der Waals surface area contributed by atoms with E-state index < -0.39 is 0 Å². The zero-order chi connectivity index (χ0) is 15.5. The molecule has 0 atom stereocenters. The minimum absolute atomic E-state index is 0.338. The summed E-state index contributed by atoms with van der Waals surface area (Å²) >= 11 is 3.64. The van der Waals surface area contributed by atoms with Crippen LogP contribution in [0.1, 0.15) is 58.9 Å². The summed E-state index contributed by atoms with van der Waals surface area (Å²) in [5.74, 6) is 0.715. The van der Waals surface area contributed by atoms with Crippen molar-refractivity contribution in [3.8, 4) is 0 Å². The van der Waals surface area contributed by atoms with Crippen molar-refractivity contribution in [2.75, 3.05) is 13.1 Å². The summed E-state index contributed by atoms with van der Waals surface area (Å²) in [4.78, 5) is 0. The molecule has 118 valence electrons. The number of nitrogens with one attached hydrogen (secondary N) is 1. The fourth-order valence-electron chi connectivity index (χ4n) is 3.98. The lowest BCUT2D eigenvalue weighted by atomic mass is 9.48. The summed E-state index contributed by atoms with van der Waals surface area (Å²) in [5, 5.41) is 3.72. The highest BCUT2D eigenvalue weighted by atomic mass is 79.9. The number of hydrogen-bond donors (Lipinski definition) is 1. The lowest BCUT2D eigenvalue weighted by Gasteiger charge is -2.57. The van der Waals surface area contributed by atoms with Gasteiger partial charge in [-0.05, 0) is 48.4 Å². The largest absolute Gasteiger partial charge is 0.316 e. The fourth-order valence-corrected chi connectivity index (χ4v) is 4.38. The Kier molecular flexibility index (Phi) is 5.54. The standard InChI is InChI=1S/C19H30BrN/c1-5-18(6-2)12-19(13-18,14-21-11-15(3)4)16-8-7-9-17(20)10-16/h7-10,15,21H,5-6,11-14H2,1-4H3. The van der Waals surface area contributed by atoms with Crippen LogP contribution >= 0.6 is 15.9 Å². The SMILES string of the molecule is CCC1(CC)CC(CNCC(C)C)(c2cccc(Br)c2)C1. The first kappa shape index (κ1) is 17.0. The Bertz CT molecular complexity index is 454. The van der Waals surface area contributed by atoms with Crippen molar-refractivity contribution in [2.45, 2.75) is 58.8 Å². The molecule has 0 radical (unpaired) electrons. The van der Waals surface area contributed by atoms with Crippen LogP contribution in [0.2, 0.25) is 0 Å². The Balaban J connectivity index is 2.16. The predicted octanol–water partition coefficient (Wildman–Crippen LogP) is 5.53. The molecule has 1 aromatic rings. The Hall–Kier alpha value is -0.340. The van der Waals surface area contributed by atoms with Gasteiger partial charge in [0.25, 0.3) is 0 Å². The molecule has 1 aromatic carbocycles. The lowest BCUT2D eigenvalue weighted by molar-refractivity contribution is 0.0126. The maximum absolute atomic E-state index is 3.72. The molecule has 21 heavy (non-hydrogen) atoms. The van der Waals surface area contributed by atoms with Gasteiger partial charge in [-0.25, -0.2) is 0 Å². The molecular weight excluding hydrogens is 322 g/mol. The van der Waals surface area contributed by atoms with E-state index in [4.69, 9.17) is 0 Å². The van der Waals surface area contributed by atoms with Crippen LogP contribution in [-0.2, 0) is 5.41 Å². The van der Waals surface area contributed by atoms with Crippen molar-refractivity contribution < 1.29 is 0 Å². The van der Waals surface area contributed by atoms with Gasteiger partial charge in [0.15, 0.2) is 0 Å². The van der Waals surface area contributed by atoms with Crippen molar-refractivity contribution in [2.24, 2.45) is 11.3 Å². The number of benzene rings is 1. The minimum Gasteiger partial charge on any atom is -0.316 e. The van der Waals surface area contributed by atoms with E-state index in [2.05, 4.69) is 73.2 Å². The average molecular weight is 352 g/mol. The van der Waals surface area contributed by atoms with Gasteiger partial charge < -0.3 is 5.32 Å². The second-order valence-corrected chi connectivity index (χ2v) is 8.29. The maximum atomic E-state index is 3.72. The van der Waals surface area contributed by atoms with E-state index in [1.807, 2.05) is 0 Å². The van der Waals surface area contributed by atoms with Gasteiger partial charge in [-0.3, -0.25) is 0 Å². The summed E-state index contributed by atoms with van der Waals surface area (Å²) in [6, 6.07) is 8.95. The summed E-state index contributed by atoms with van der Waals surface area (Å²) < 4.78 is 1.20. The number of hydrogen-bond acceptors (Lipinski definition) is 1. The topological polar surface area (TPSA) is 12.0 Å². The van der Waals surface area contributed by atoms with Crippen LogP contribution in [0.25, 0.3) is 0 Å². The Morgan fingerprint density at radius 3 is 2.38 bits per heavy atom. The van der Waals surface area contributed by atoms with Gasteiger partial charge in [-0.15, -0.1) is 0 Å². The molecule has 0 heterocycles. The molecule has 1 fully saturated rings. The first-order valence-corrected chi connectivity index (χ1v) is 9.21. The van der Waals surface area contributed by atoms with Crippen LogP contribution in [0.3, 0.4) is 0 Å². The molecule has 0 saturated heterocycles. The fraction of sp³-hybridized carbons (Fsp3) is 0.684. The molecule has 0 aliphatic heterocycles. The van der Waals surface area contributed by atoms with Crippen LogP contribution in [0.15, 0.2) is 28.7 Å². The Morgan fingerprint density at radius 2 is 1.86 bits per heavy atom. The summed E-state index contributed by atoms with van der Waals surface area (Å²) in [7, 11) is 0. The van der Waals surface area contributed by atoms with Crippen molar-refractivity contribution in [1.29, 1.82) is 0 Å². The summed E-state index contributed by atoms with van der Waals surface area (Å²) in [6.45, 7) is 11.5. The second kappa shape index (κ2) is 6.83. The van der Waals surface area contributed by atoms with Crippen LogP contribution in [0, 0.1) is 11.3 Å². The molecule has 1 saturated carbocycles. The molecule has 2 rings (SSSR count). The smallest absolute Gasteiger partial charge is 0.0178 e. The molecule has 1 aliphatic rings. The molecule has 0 unspecified atom stereocenters. The van der Waals surface area contributed by atoms with E-state index in [-0.39, 0.29) is 0 Å². The van der Waals surface area contributed by atoms with E-state index in [9.17, 15) is 0 Å². The van der Waals surface area contributed by atoms with E-state index in [0.717, 1.165) is 13.1 Å². The molecule has 2 heteroatoms. The maximum Gasteiger partial charge on any atom is 0.0178 e. The van der Waals surface area contributed by atoms with Gasteiger partial charge in [-0.2, -0.15) is 0 Å². The highest BCUT2D eigenvalue weighted by Gasteiger charge is 2.52. The molecule has 0 bridgehead atoms. The molecule has 0 aromatic heterocycles. The van der Waals surface area contributed by atoms with E-state index >= 15 is 0 Å². The third kappa shape index (κ3) is 3.71. The van der Waals surface area contributed by atoms with Crippen molar-refractivity contribution >= 4 is 15.9 Å². The quantitative estimate of drug-likeness (QED) is 0.680. The summed E-state index contributed by atoms with van der Waals surface area (Å²) in [6.07, 6.45) is 5.27. The molecule has 0 amide bonds. The molecule has 1 aliphatic carbocycles. The average Bonchev–Trinajstić information content (AvgIpc) is 2.41. The summed E-state index contributed by atoms with van der Waals surface area (Å²) in [5.41, 5.74) is 2.41. The van der Waals surface area contributed by atoms with Gasteiger partial charge >= 0.3 is 0 Å². The van der Waals surface area contributed by atoms with Crippen LogP contribution < -0.4 is 5.32 Å². The zero-order valence-corrected chi connectivity index (χ0v) is 15.6. The van der Waals surface area contributed by atoms with E-state index in [1.165, 1.54) is 35.7 Å². The second-order valence-electron chi connectivity index (χ2n) is 7.38. The van der Waals surface area contributed by atoms with Gasteiger partial charge in [0.2, 0.25) is 0 Å². The minimum atomic E-state index is 0.338. The van der Waals surface area contributed by atoms with Gasteiger partial charge in [0.05, 0.1) is 0 Å². The molecule has 1 nitrogen and oxygen atoms in total. The van der Waals surface area contributed by atoms with Crippen molar-refractivity contribution in [1.82, 2.24) is 5.32 Å². The van der Waals surface area contributed by atoms with Crippen LogP contribution in [-0.4, -0.2) is 13.1 Å². The monoisotopic (exact) mass is 351 g/mol. The van der Waals surface area contributed by atoms with Crippen molar-refractivity contribution in [3.63, 3.8) is 0 Å². The normalized spacial score (nSPS) is 19.5. The number of halogens is 1. The highest BCUT2D eigenvalue weighted by molar-refractivity contribution is 9.10. The lowest BCUT2D eigenvalue weighted by Crippen LogP contribution is -2.54. The Labute approximate surface area is 139 Å². The van der Waals surface area contributed by atoms with Gasteiger partial charge in [-0.1, -0.05) is 68.6 Å². The van der Waals surface area contributed by atoms with Crippen LogP contribution in [0.4, 0.5) is 0 Å². The predicted molar refractivity (Wildman–Crippen MR) is 95.8 cm³/mol. The Morgan fingerprint density at radius 1 is 1.19 bits per heavy atom. The first-order chi connectivity index (χ1) is 9.95. The molecular formula is C19H30BrN. The van der Waals surface area contributed by atoms with E-state index in [0.29, 0.717) is 16.7 Å². The third-order valence-electron chi connectivity index (χ3n) is 5.38. The van der Waals surface area contributed by atoms with Crippen molar-refractivity contribution in [3.05, 3.63) is 34.3 Å². The molecule has 1 N–H and O–H groups in total. The molecule has 0 spiro atoms. The van der Waals surface area contributed by atoms with Crippen LogP contribution in [0.5, 0.6) is 0 Å². The van der Waals surface area contributed by atoms with Gasteiger partial charge in [0.1, 0.15) is 0 Å². The zero-order valence-electron chi connectivity index (χ0n) is 14.0. The highest BCUT2D eigenvalue weighted by Crippen LogP contribution is 2.59. The number of rotatable bonds is 7.